The summed E-state index contributed by atoms with van der Waals surface area (Å²) >= 11 is 0. The van der Waals surface area contributed by atoms with Crippen LogP contribution in [0.15, 0.2) is 12.2 Å². The van der Waals surface area contributed by atoms with Crippen molar-refractivity contribution in [2.75, 3.05) is 0 Å². The molecular formula is C9H10O4. The van der Waals surface area contributed by atoms with Gasteiger partial charge in [0.25, 0.3) is 0 Å². The SMILES string of the molecule is C=C1C(=O)[C@@]2(C)O[C@@]2(C)C1C(=O)O. The Morgan fingerprint density at radius 3 is 2.38 bits per heavy atom. The number of Topliss-reactive ketones (excluding diaryl/α,β-unsaturated/α-hetero) is 1. The highest BCUT2D eigenvalue weighted by Crippen LogP contribution is 2.61. The number of hydrogen-bond donors (Lipinski definition) is 1. The van der Waals surface area contributed by atoms with Gasteiger partial charge in [-0.3, -0.25) is 9.59 Å². The molecule has 2 rings (SSSR count). The van der Waals surface area contributed by atoms with E-state index in [1.165, 1.54) is 0 Å². The average molecular weight is 182 g/mol. The number of carboxylic acids is 1. The number of epoxide rings is 1. The van der Waals surface area contributed by atoms with Gasteiger partial charge in [-0.1, -0.05) is 6.58 Å². The Balaban J connectivity index is 2.49. The van der Waals surface area contributed by atoms with E-state index < -0.39 is 23.1 Å². The molecule has 0 bridgehead atoms. The summed E-state index contributed by atoms with van der Waals surface area (Å²) in [6.07, 6.45) is 0. The van der Waals surface area contributed by atoms with Crippen LogP contribution in [-0.4, -0.2) is 28.1 Å². The highest BCUT2D eigenvalue weighted by atomic mass is 16.6. The quantitative estimate of drug-likeness (QED) is 0.470. The third-order valence-electron chi connectivity index (χ3n) is 3.19. The highest BCUT2D eigenvalue weighted by Gasteiger charge is 2.79. The lowest BCUT2D eigenvalue weighted by Crippen LogP contribution is -2.28. The fraction of sp³-hybridized carbons (Fsp3) is 0.556. The maximum Gasteiger partial charge on any atom is 0.314 e. The number of ketones is 1. The first-order valence-electron chi connectivity index (χ1n) is 4.01. The van der Waals surface area contributed by atoms with Crippen LogP contribution >= 0.6 is 0 Å². The van der Waals surface area contributed by atoms with Crippen LogP contribution < -0.4 is 0 Å². The molecule has 1 heterocycles. The Labute approximate surface area is 75.2 Å². The fourth-order valence-electron chi connectivity index (χ4n) is 2.16. The van der Waals surface area contributed by atoms with Crippen molar-refractivity contribution < 1.29 is 19.4 Å². The number of carbonyl (C=O) groups is 2. The van der Waals surface area contributed by atoms with E-state index in [9.17, 15) is 9.59 Å². The second-order valence-corrected chi connectivity index (χ2v) is 3.87. The van der Waals surface area contributed by atoms with Crippen LogP contribution in [0.5, 0.6) is 0 Å². The standard InChI is InChI=1S/C9H10O4/c1-4-5(7(11)12)8(2)9(3,13-8)6(4)10/h5H,1H2,2-3H3,(H,11,12)/t5?,8-,9+/m0/s1. The molecule has 1 unspecified atom stereocenters. The summed E-state index contributed by atoms with van der Waals surface area (Å²) in [6, 6.07) is 0. The second kappa shape index (κ2) is 1.85. The summed E-state index contributed by atoms with van der Waals surface area (Å²) in [4.78, 5) is 22.3. The molecule has 0 aromatic heterocycles. The summed E-state index contributed by atoms with van der Waals surface area (Å²) in [5.41, 5.74) is -1.65. The van der Waals surface area contributed by atoms with Crippen molar-refractivity contribution in [1.29, 1.82) is 0 Å². The second-order valence-electron chi connectivity index (χ2n) is 3.87. The minimum Gasteiger partial charge on any atom is -0.481 e. The van der Waals surface area contributed by atoms with Crippen molar-refractivity contribution in [3.8, 4) is 0 Å². The Morgan fingerprint density at radius 2 is 2.15 bits per heavy atom. The lowest BCUT2D eigenvalue weighted by molar-refractivity contribution is -0.143. The molecule has 1 N–H and O–H groups in total. The summed E-state index contributed by atoms with van der Waals surface area (Å²) in [7, 11) is 0. The van der Waals surface area contributed by atoms with E-state index >= 15 is 0 Å². The molecule has 2 fully saturated rings. The van der Waals surface area contributed by atoms with Gasteiger partial charge in [-0.25, -0.2) is 0 Å². The van der Waals surface area contributed by atoms with E-state index in [1.54, 1.807) is 13.8 Å². The zero-order valence-corrected chi connectivity index (χ0v) is 7.46. The van der Waals surface area contributed by atoms with Crippen LogP contribution in [-0.2, 0) is 14.3 Å². The first kappa shape index (κ1) is 8.44. The van der Waals surface area contributed by atoms with Crippen molar-refractivity contribution in [2.45, 2.75) is 25.0 Å². The highest BCUT2D eigenvalue weighted by molar-refractivity contribution is 6.12. The number of carboxylic acid groups (broad SMARTS) is 1. The molecule has 0 aromatic rings. The third-order valence-corrected chi connectivity index (χ3v) is 3.19. The zero-order valence-electron chi connectivity index (χ0n) is 7.46. The molecule has 4 nitrogen and oxygen atoms in total. The molecule has 2 aliphatic rings. The van der Waals surface area contributed by atoms with Gasteiger partial charge < -0.3 is 9.84 Å². The van der Waals surface area contributed by atoms with Gasteiger partial charge in [0, 0.05) is 5.57 Å². The first-order chi connectivity index (χ1) is 5.84. The van der Waals surface area contributed by atoms with E-state index in [0.717, 1.165) is 0 Å². The van der Waals surface area contributed by atoms with E-state index in [-0.39, 0.29) is 11.4 Å². The van der Waals surface area contributed by atoms with E-state index in [4.69, 9.17) is 9.84 Å². The van der Waals surface area contributed by atoms with E-state index in [0.29, 0.717) is 0 Å². The predicted octanol–water partition coefficient (Wildman–Crippen LogP) is 0.374. The molecule has 1 saturated heterocycles. The summed E-state index contributed by atoms with van der Waals surface area (Å²) in [6.45, 7) is 6.75. The van der Waals surface area contributed by atoms with Crippen molar-refractivity contribution in [1.82, 2.24) is 0 Å². The Hall–Kier alpha value is -1.16. The van der Waals surface area contributed by atoms with Gasteiger partial charge in [0.1, 0.15) is 11.5 Å². The monoisotopic (exact) mass is 182 g/mol. The van der Waals surface area contributed by atoms with Crippen LogP contribution in [0.2, 0.25) is 0 Å². The molecule has 4 heteroatoms. The topological polar surface area (TPSA) is 66.9 Å². The summed E-state index contributed by atoms with van der Waals surface area (Å²) in [5, 5.41) is 8.89. The predicted molar refractivity (Wildman–Crippen MR) is 43.2 cm³/mol. The molecule has 1 aliphatic carbocycles. The normalized spacial score (nSPS) is 47.7. The van der Waals surface area contributed by atoms with Gasteiger partial charge in [0.05, 0.1) is 0 Å². The van der Waals surface area contributed by atoms with Crippen LogP contribution in [0.1, 0.15) is 13.8 Å². The molecule has 0 radical (unpaired) electrons. The Morgan fingerprint density at radius 1 is 1.62 bits per heavy atom. The lowest BCUT2D eigenvalue weighted by Gasteiger charge is -2.11. The molecular weight excluding hydrogens is 172 g/mol. The molecule has 0 spiro atoms. The number of aliphatic carboxylic acids is 1. The van der Waals surface area contributed by atoms with E-state index in [1.807, 2.05) is 0 Å². The maximum atomic E-state index is 11.5. The summed E-state index contributed by atoms with van der Waals surface area (Å²) < 4.78 is 5.19. The minimum absolute atomic E-state index is 0.156. The fourth-order valence-corrected chi connectivity index (χ4v) is 2.16. The van der Waals surface area contributed by atoms with Crippen LogP contribution in [0.3, 0.4) is 0 Å². The van der Waals surface area contributed by atoms with Crippen LogP contribution in [0.4, 0.5) is 0 Å². The number of ether oxygens (including phenoxy) is 1. The first-order valence-corrected chi connectivity index (χ1v) is 4.01. The van der Waals surface area contributed by atoms with Gasteiger partial charge in [0.15, 0.2) is 11.4 Å². The molecule has 3 atom stereocenters. The van der Waals surface area contributed by atoms with Crippen molar-refractivity contribution in [2.24, 2.45) is 5.92 Å². The zero-order chi connectivity index (χ0) is 10.0. The van der Waals surface area contributed by atoms with Crippen molar-refractivity contribution >= 4 is 11.8 Å². The van der Waals surface area contributed by atoms with Gasteiger partial charge in [0.2, 0.25) is 0 Å². The Kier molecular flexibility index (Phi) is 1.20. The maximum absolute atomic E-state index is 11.5. The molecule has 13 heavy (non-hydrogen) atoms. The largest absolute Gasteiger partial charge is 0.481 e. The number of fused-ring (bicyclic) bond motifs is 1. The van der Waals surface area contributed by atoms with Gasteiger partial charge in [-0.05, 0) is 13.8 Å². The molecule has 70 valence electrons. The molecule has 0 aromatic carbocycles. The van der Waals surface area contributed by atoms with Gasteiger partial charge in [-0.2, -0.15) is 0 Å². The number of rotatable bonds is 1. The van der Waals surface area contributed by atoms with Crippen LogP contribution in [0, 0.1) is 5.92 Å². The smallest absolute Gasteiger partial charge is 0.314 e. The van der Waals surface area contributed by atoms with Crippen molar-refractivity contribution in [3.63, 3.8) is 0 Å². The van der Waals surface area contributed by atoms with Gasteiger partial charge >= 0.3 is 5.97 Å². The lowest BCUT2D eigenvalue weighted by atomic mass is 9.91. The minimum atomic E-state index is -1.04. The van der Waals surface area contributed by atoms with E-state index in [2.05, 4.69) is 6.58 Å². The molecule has 1 saturated carbocycles. The van der Waals surface area contributed by atoms with Gasteiger partial charge in [-0.15, -0.1) is 0 Å². The Bertz CT molecular complexity index is 346. The number of carbonyl (C=O) groups excluding carboxylic acids is 1. The summed E-state index contributed by atoms with van der Waals surface area (Å²) in [5.74, 6) is -2.20. The molecule has 1 aliphatic heterocycles. The number of hydrogen-bond acceptors (Lipinski definition) is 3. The average Bonchev–Trinajstić information content (AvgIpc) is 2.48. The van der Waals surface area contributed by atoms with Crippen LogP contribution in [0.25, 0.3) is 0 Å². The third kappa shape index (κ3) is 0.659. The van der Waals surface area contributed by atoms with Crippen molar-refractivity contribution in [3.05, 3.63) is 12.2 Å². The molecule has 0 amide bonds.